The third-order valence-corrected chi connectivity index (χ3v) is 4.35. The lowest BCUT2D eigenvalue weighted by atomic mass is 10.1. The third-order valence-electron chi connectivity index (χ3n) is 4.35. The molecule has 20 heavy (non-hydrogen) atoms. The van der Waals surface area contributed by atoms with Crippen molar-refractivity contribution in [2.75, 3.05) is 6.54 Å². The summed E-state index contributed by atoms with van der Waals surface area (Å²) in [5, 5.41) is 14.3. The largest absolute Gasteiger partial charge is 0.461 e. The Morgan fingerprint density at radius 2 is 2.15 bits per heavy atom. The first-order valence-corrected chi connectivity index (χ1v) is 7.66. The number of benzene rings is 1. The Kier molecular flexibility index (Phi) is 4.08. The number of rotatable bonds is 5. The molecule has 2 atom stereocenters. The van der Waals surface area contributed by atoms with Crippen LogP contribution in [0, 0.1) is 5.92 Å². The molecule has 2 aromatic rings. The molecule has 0 saturated heterocycles. The molecule has 1 fully saturated rings. The zero-order valence-electron chi connectivity index (χ0n) is 12.1. The van der Waals surface area contributed by atoms with Gasteiger partial charge in [-0.15, -0.1) is 0 Å². The molecule has 3 rings (SSSR count). The van der Waals surface area contributed by atoms with E-state index in [-0.39, 0.29) is 6.10 Å². The van der Waals surface area contributed by atoms with Gasteiger partial charge in [0, 0.05) is 23.9 Å². The Morgan fingerprint density at radius 3 is 2.90 bits per heavy atom. The molecular weight excluding hydrogens is 250 g/mol. The van der Waals surface area contributed by atoms with Gasteiger partial charge >= 0.3 is 0 Å². The second-order valence-electron chi connectivity index (χ2n) is 5.82. The van der Waals surface area contributed by atoms with Crippen LogP contribution in [0.4, 0.5) is 0 Å². The molecule has 0 amide bonds. The molecule has 0 spiro atoms. The van der Waals surface area contributed by atoms with E-state index in [1.807, 2.05) is 12.1 Å². The van der Waals surface area contributed by atoms with E-state index in [9.17, 15) is 5.11 Å². The van der Waals surface area contributed by atoms with Gasteiger partial charge in [0.25, 0.3) is 0 Å². The first-order chi connectivity index (χ1) is 9.78. The maximum Gasteiger partial charge on any atom is 0.134 e. The van der Waals surface area contributed by atoms with E-state index in [0.29, 0.717) is 5.92 Å². The molecule has 1 aliphatic carbocycles. The first kappa shape index (κ1) is 13.7. The van der Waals surface area contributed by atoms with Crippen LogP contribution in [0.15, 0.2) is 28.7 Å². The van der Waals surface area contributed by atoms with Crippen LogP contribution in [-0.4, -0.2) is 17.8 Å². The van der Waals surface area contributed by atoms with Crippen molar-refractivity contribution in [1.82, 2.24) is 5.32 Å². The van der Waals surface area contributed by atoms with Gasteiger partial charge in [0.2, 0.25) is 0 Å². The summed E-state index contributed by atoms with van der Waals surface area (Å²) < 4.78 is 5.91. The van der Waals surface area contributed by atoms with Gasteiger partial charge in [-0.1, -0.05) is 25.1 Å². The normalized spacial score (nSPS) is 22.7. The van der Waals surface area contributed by atoms with E-state index < -0.39 is 0 Å². The summed E-state index contributed by atoms with van der Waals surface area (Å²) in [4.78, 5) is 0. The van der Waals surface area contributed by atoms with Crippen molar-refractivity contribution in [3.8, 4) is 0 Å². The molecule has 0 radical (unpaired) electrons. The lowest BCUT2D eigenvalue weighted by Gasteiger charge is -2.11. The van der Waals surface area contributed by atoms with Crippen molar-refractivity contribution in [3.63, 3.8) is 0 Å². The van der Waals surface area contributed by atoms with Crippen molar-refractivity contribution in [2.45, 2.75) is 45.3 Å². The summed E-state index contributed by atoms with van der Waals surface area (Å²) >= 11 is 0. The third kappa shape index (κ3) is 2.74. The number of furan rings is 1. The molecule has 1 aromatic carbocycles. The van der Waals surface area contributed by atoms with Gasteiger partial charge in [-0.2, -0.15) is 0 Å². The standard InChI is InChI=1S/C17H23NO2/c1-2-16-15(14-5-3-4-6-17(14)20-16)11-18-10-12-7-8-13(19)9-12/h3-6,12-13,18-19H,2,7-11H2,1H3. The highest BCUT2D eigenvalue weighted by Gasteiger charge is 2.22. The first-order valence-electron chi connectivity index (χ1n) is 7.66. The molecule has 3 nitrogen and oxygen atoms in total. The predicted molar refractivity (Wildman–Crippen MR) is 80.6 cm³/mol. The smallest absolute Gasteiger partial charge is 0.134 e. The van der Waals surface area contributed by atoms with E-state index in [4.69, 9.17) is 4.42 Å². The van der Waals surface area contributed by atoms with Crippen LogP contribution >= 0.6 is 0 Å². The maximum absolute atomic E-state index is 9.56. The summed E-state index contributed by atoms with van der Waals surface area (Å²) in [7, 11) is 0. The molecular formula is C17H23NO2. The highest BCUT2D eigenvalue weighted by Crippen LogP contribution is 2.27. The van der Waals surface area contributed by atoms with Crippen LogP contribution < -0.4 is 5.32 Å². The fraction of sp³-hybridized carbons (Fsp3) is 0.529. The van der Waals surface area contributed by atoms with Gasteiger partial charge < -0.3 is 14.8 Å². The predicted octanol–water partition coefficient (Wildman–Crippen LogP) is 3.25. The molecule has 1 aliphatic rings. The quantitative estimate of drug-likeness (QED) is 0.879. The van der Waals surface area contributed by atoms with E-state index in [1.165, 1.54) is 10.9 Å². The summed E-state index contributed by atoms with van der Waals surface area (Å²) in [6, 6.07) is 8.25. The Hall–Kier alpha value is -1.32. The van der Waals surface area contributed by atoms with Crippen LogP contribution in [0.3, 0.4) is 0 Å². The Bertz CT molecular complexity index is 575. The number of fused-ring (bicyclic) bond motifs is 1. The maximum atomic E-state index is 9.56. The van der Waals surface area contributed by atoms with E-state index in [1.54, 1.807) is 0 Å². The SMILES string of the molecule is CCc1oc2ccccc2c1CNCC1CCC(O)C1. The van der Waals surface area contributed by atoms with Crippen molar-refractivity contribution in [2.24, 2.45) is 5.92 Å². The van der Waals surface area contributed by atoms with Gasteiger partial charge in [0.1, 0.15) is 11.3 Å². The molecule has 1 heterocycles. The number of aliphatic hydroxyl groups is 1. The van der Waals surface area contributed by atoms with E-state index >= 15 is 0 Å². The molecule has 0 bridgehead atoms. The second-order valence-corrected chi connectivity index (χ2v) is 5.82. The average Bonchev–Trinajstić information content (AvgIpc) is 3.03. The van der Waals surface area contributed by atoms with Gasteiger partial charge in [-0.25, -0.2) is 0 Å². The molecule has 1 aromatic heterocycles. The van der Waals surface area contributed by atoms with Gasteiger partial charge in [0.05, 0.1) is 6.10 Å². The van der Waals surface area contributed by atoms with Crippen LogP contribution in [0.2, 0.25) is 0 Å². The number of hydrogen-bond donors (Lipinski definition) is 2. The molecule has 1 saturated carbocycles. The van der Waals surface area contributed by atoms with Crippen molar-refractivity contribution < 1.29 is 9.52 Å². The monoisotopic (exact) mass is 273 g/mol. The molecule has 108 valence electrons. The number of para-hydroxylation sites is 1. The molecule has 2 N–H and O–H groups in total. The van der Waals surface area contributed by atoms with Crippen LogP contribution in [0.5, 0.6) is 0 Å². The Morgan fingerprint density at radius 1 is 1.30 bits per heavy atom. The zero-order valence-corrected chi connectivity index (χ0v) is 12.1. The van der Waals surface area contributed by atoms with E-state index in [0.717, 1.165) is 50.1 Å². The van der Waals surface area contributed by atoms with Crippen molar-refractivity contribution in [3.05, 3.63) is 35.6 Å². The van der Waals surface area contributed by atoms with Gasteiger partial charge in [-0.05, 0) is 37.8 Å². The molecule has 2 unspecified atom stereocenters. The highest BCUT2D eigenvalue weighted by molar-refractivity contribution is 5.82. The zero-order chi connectivity index (χ0) is 13.9. The second kappa shape index (κ2) is 5.98. The van der Waals surface area contributed by atoms with Crippen molar-refractivity contribution >= 4 is 11.0 Å². The molecule has 0 aliphatic heterocycles. The fourth-order valence-corrected chi connectivity index (χ4v) is 3.26. The Labute approximate surface area is 120 Å². The lowest BCUT2D eigenvalue weighted by molar-refractivity contribution is 0.177. The number of hydrogen-bond acceptors (Lipinski definition) is 3. The summed E-state index contributed by atoms with van der Waals surface area (Å²) in [6.07, 6.45) is 3.89. The molecule has 3 heteroatoms. The van der Waals surface area contributed by atoms with Crippen LogP contribution in [0.25, 0.3) is 11.0 Å². The van der Waals surface area contributed by atoms with Crippen LogP contribution in [0.1, 0.15) is 37.5 Å². The Balaban J connectivity index is 1.67. The fourth-order valence-electron chi connectivity index (χ4n) is 3.26. The highest BCUT2D eigenvalue weighted by atomic mass is 16.3. The minimum absolute atomic E-state index is 0.0808. The van der Waals surface area contributed by atoms with Crippen LogP contribution in [-0.2, 0) is 13.0 Å². The number of nitrogens with one attached hydrogen (secondary N) is 1. The van der Waals surface area contributed by atoms with E-state index in [2.05, 4.69) is 24.4 Å². The minimum Gasteiger partial charge on any atom is -0.461 e. The average molecular weight is 273 g/mol. The lowest BCUT2D eigenvalue weighted by Crippen LogP contribution is -2.21. The van der Waals surface area contributed by atoms with Gasteiger partial charge in [0.15, 0.2) is 0 Å². The van der Waals surface area contributed by atoms with Crippen molar-refractivity contribution in [1.29, 1.82) is 0 Å². The summed E-state index contributed by atoms with van der Waals surface area (Å²) in [5.74, 6) is 1.71. The summed E-state index contributed by atoms with van der Waals surface area (Å²) in [5.41, 5.74) is 2.28. The number of aliphatic hydroxyl groups excluding tert-OH is 1. The number of aryl methyl sites for hydroxylation is 1. The minimum atomic E-state index is -0.0808. The summed E-state index contributed by atoms with van der Waals surface area (Å²) in [6.45, 7) is 3.97. The van der Waals surface area contributed by atoms with Gasteiger partial charge in [-0.3, -0.25) is 0 Å². The topological polar surface area (TPSA) is 45.4 Å².